The summed E-state index contributed by atoms with van der Waals surface area (Å²) in [5, 5.41) is 21.8. The van der Waals surface area contributed by atoms with Crippen molar-refractivity contribution in [1.82, 2.24) is 4.65 Å². The SMILES string of the molecule is CC1(O)C=C[N+]1([O-])c1ccc(Br)cc1. The molecular weight excluding hydrogens is 246 g/mol. The fourth-order valence-corrected chi connectivity index (χ4v) is 1.70. The van der Waals surface area contributed by atoms with Crippen molar-refractivity contribution in [2.24, 2.45) is 0 Å². The highest BCUT2D eigenvalue weighted by Gasteiger charge is 2.45. The highest BCUT2D eigenvalue weighted by atomic mass is 79.9. The van der Waals surface area contributed by atoms with Crippen molar-refractivity contribution in [3.63, 3.8) is 0 Å². The molecule has 0 saturated carbocycles. The Kier molecular flexibility index (Phi) is 2.04. The number of nitrogens with zero attached hydrogens (tertiary/aromatic N) is 1. The standard InChI is InChI=1S/C10H10BrNO2/c1-10(13)6-7-12(10,14)9-4-2-8(11)3-5-9/h2-7,13H,1H3. The molecule has 0 fully saturated rings. The summed E-state index contributed by atoms with van der Waals surface area (Å²) in [6, 6.07) is 6.98. The third-order valence-electron chi connectivity index (χ3n) is 2.48. The molecule has 0 aliphatic carbocycles. The maximum atomic E-state index is 12.1. The molecule has 0 saturated heterocycles. The van der Waals surface area contributed by atoms with E-state index in [9.17, 15) is 10.3 Å². The van der Waals surface area contributed by atoms with Gasteiger partial charge >= 0.3 is 0 Å². The van der Waals surface area contributed by atoms with Gasteiger partial charge in [-0.25, -0.2) is 0 Å². The zero-order valence-corrected chi connectivity index (χ0v) is 9.23. The van der Waals surface area contributed by atoms with Gasteiger partial charge in [0.05, 0.1) is 6.08 Å². The Labute approximate surface area is 90.6 Å². The molecule has 1 aliphatic heterocycles. The summed E-state index contributed by atoms with van der Waals surface area (Å²) in [5.41, 5.74) is -0.811. The number of rotatable bonds is 1. The Bertz CT molecular complexity index is 386. The first-order chi connectivity index (χ1) is 6.46. The average Bonchev–Trinajstić information content (AvgIpc) is 2.16. The van der Waals surface area contributed by atoms with E-state index in [1.807, 2.05) is 0 Å². The Morgan fingerprint density at radius 1 is 1.36 bits per heavy atom. The van der Waals surface area contributed by atoms with E-state index in [0.717, 1.165) is 4.47 Å². The van der Waals surface area contributed by atoms with Crippen molar-refractivity contribution < 1.29 is 5.11 Å². The second kappa shape index (κ2) is 2.90. The molecule has 1 N–H and O–H groups in total. The number of hydrogen-bond acceptors (Lipinski definition) is 2. The zero-order chi connectivity index (χ0) is 10.4. The molecule has 0 bridgehead atoms. The van der Waals surface area contributed by atoms with Crippen molar-refractivity contribution in [3.8, 4) is 0 Å². The summed E-state index contributed by atoms with van der Waals surface area (Å²) < 4.78 is 0.109. The lowest BCUT2D eigenvalue weighted by molar-refractivity contribution is -0.0171. The molecular formula is C10H10BrNO2. The van der Waals surface area contributed by atoms with Gasteiger partial charge in [0, 0.05) is 23.5 Å². The van der Waals surface area contributed by atoms with Gasteiger partial charge in [-0.3, -0.25) is 4.65 Å². The molecule has 2 rings (SSSR count). The van der Waals surface area contributed by atoms with Crippen LogP contribution in [0.4, 0.5) is 5.69 Å². The highest BCUT2D eigenvalue weighted by molar-refractivity contribution is 9.10. The Morgan fingerprint density at radius 2 is 1.93 bits per heavy atom. The van der Waals surface area contributed by atoms with Crippen LogP contribution < -0.4 is 4.65 Å². The molecule has 74 valence electrons. The Morgan fingerprint density at radius 3 is 2.29 bits per heavy atom. The first kappa shape index (κ1) is 9.86. The van der Waals surface area contributed by atoms with Crippen LogP contribution in [0.5, 0.6) is 0 Å². The second-order valence-corrected chi connectivity index (χ2v) is 4.46. The normalized spacial score (nSPS) is 35.4. The van der Waals surface area contributed by atoms with E-state index in [2.05, 4.69) is 15.9 Å². The summed E-state index contributed by atoms with van der Waals surface area (Å²) in [6.07, 6.45) is 2.94. The van der Waals surface area contributed by atoms with Crippen molar-refractivity contribution in [2.45, 2.75) is 12.6 Å². The van der Waals surface area contributed by atoms with Crippen LogP contribution in [0, 0.1) is 5.21 Å². The van der Waals surface area contributed by atoms with Gasteiger partial charge in [-0.05, 0) is 12.1 Å². The van der Waals surface area contributed by atoms with Crippen LogP contribution in [0.3, 0.4) is 0 Å². The molecule has 1 aliphatic rings. The number of hydroxylamine groups is 2. The van der Waals surface area contributed by atoms with Gasteiger partial charge in [-0.15, -0.1) is 0 Å². The molecule has 1 aromatic carbocycles. The van der Waals surface area contributed by atoms with Gasteiger partial charge < -0.3 is 10.3 Å². The van der Waals surface area contributed by atoms with E-state index in [-0.39, 0.29) is 0 Å². The second-order valence-electron chi connectivity index (χ2n) is 3.54. The van der Waals surface area contributed by atoms with Crippen LogP contribution >= 0.6 is 15.9 Å². The van der Waals surface area contributed by atoms with Crippen molar-refractivity contribution >= 4 is 21.6 Å². The molecule has 4 heteroatoms. The van der Waals surface area contributed by atoms with E-state index in [4.69, 9.17) is 0 Å². The highest BCUT2D eigenvalue weighted by Crippen LogP contribution is 2.39. The number of halogens is 1. The molecule has 0 amide bonds. The summed E-state index contributed by atoms with van der Waals surface area (Å²) in [4.78, 5) is 0. The maximum Gasteiger partial charge on any atom is 0.231 e. The predicted molar refractivity (Wildman–Crippen MR) is 59.1 cm³/mol. The van der Waals surface area contributed by atoms with Gasteiger partial charge in [-0.2, -0.15) is 0 Å². The number of quaternary nitrogens is 1. The molecule has 2 atom stereocenters. The maximum absolute atomic E-state index is 12.1. The molecule has 14 heavy (non-hydrogen) atoms. The van der Waals surface area contributed by atoms with Gasteiger partial charge in [0.1, 0.15) is 11.9 Å². The summed E-state index contributed by atoms with van der Waals surface area (Å²) in [6.45, 7) is 1.50. The Balaban J connectivity index is 2.42. The summed E-state index contributed by atoms with van der Waals surface area (Å²) in [7, 11) is 0. The van der Waals surface area contributed by atoms with E-state index in [1.54, 1.807) is 24.3 Å². The largest absolute Gasteiger partial charge is 0.620 e. The molecule has 0 radical (unpaired) electrons. The third-order valence-corrected chi connectivity index (χ3v) is 3.01. The van der Waals surface area contributed by atoms with Gasteiger partial charge in [0.2, 0.25) is 5.72 Å². The first-order valence-electron chi connectivity index (χ1n) is 4.24. The molecule has 0 aromatic heterocycles. The van der Waals surface area contributed by atoms with Gasteiger partial charge in [0.15, 0.2) is 0 Å². The fourth-order valence-electron chi connectivity index (χ4n) is 1.44. The fraction of sp³-hybridized carbons (Fsp3) is 0.200. The van der Waals surface area contributed by atoms with Crippen LogP contribution in [0.15, 0.2) is 41.0 Å². The van der Waals surface area contributed by atoms with Crippen LogP contribution in [0.2, 0.25) is 0 Å². The average molecular weight is 256 g/mol. The van der Waals surface area contributed by atoms with Crippen molar-refractivity contribution in [3.05, 3.63) is 46.2 Å². The van der Waals surface area contributed by atoms with E-state index < -0.39 is 10.4 Å². The van der Waals surface area contributed by atoms with Crippen molar-refractivity contribution in [2.75, 3.05) is 0 Å². The minimum absolute atomic E-state index is 0.528. The smallest absolute Gasteiger partial charge is 0.231 e. The summed E-state index contributed by atoms with van der Waals surface area (Å²) >= 11 is 3.29. The lowest BCUT2D eigenvalue weighted by Crippen LogP contribution is -2.61. The quantitative estimate of drug-likeness (QED) is 0.619. The molecule has 3 nitrogen and oxygen atoms in total. The molecule has 0 spiro atoms. The predicted octanol–water partition coefficient (Wildman–Crippen LogP) is 2.49. The van der Waals surface area contributed by atoms with Gasteiger partial charge in [0.25, 0.3) is 0 Å². The minimum atomic E-state index is -1.34. The van der Waals surface area contributed by atoms with E-state index >= 15 is 0 Å². The number of aliphatic hydroxyl groups is 1. The van der Waals surface area contributed by atoms with E-state index in [1.165, 1.54) is 19.2 Å². The Hall–Kier alpha value is -0.680. The van der Waals surface area contributed by atoms with Crippen LogP contribution in [0.1, 0.15) is 6.92 Å². The third kappa shape index (κ3) is 1.23. The summed E-state index contributed by atoms with van der Waals surface area (Å²) in [5.74, 6) is 0. The number of benzene rings is 1. The van der Waals surface area contributed by atoms with Gasteiger partial charge in [-0.1, -0.05) is 15.9 Å². The van der Waals surface area contributed by atoms with Crippen LogP contribution in [-0.2, 0) is 0 Å². The van der Waals surface area contributed by atoms with E-state index in [0.29, 0.717) is 5.69 Å². The topological polar surface area (TPSA) is 43.3 Å². The molecule has 1 heterocycles. The monoisotopic (exact) mass is 255 g/mol. The lowest BCUT2D eigenvalue weighted by atomic mass is 10.1. The van der Waals surface area contributed by atoms with Crippen molar-refractivity contribution in [1.29, 1.82) is 0 Å². The first-order valence-corrected chi connectivity index (χ1v) is 5.04. The molecule has 1 aromatic rings. The lowest BCUT2D eigenvalue weighted by Gasteiger charge is -2.52. The molecule has 2 unspecified atom stereocenters. The minimum Gasteiger partial charge on any atom is -0.620 e. The number of hydrogen-bond donors (Lipinski definition) is 1. The van der Waals surface area contributed by atoms with Crippen LogP contribution in [-0.4, -0.2) is 10.8 Å². The zero-order valence-electron chi connectivity index (χ0n) is 7.64. The van der Waals surface area contributed by atoms with Crippen LogP contribution in [0.25, 0.3) is 0 Å².